The molecule has 13 heteroatoms. The summed E-state index contributed by atoms with van der Waals surface area (Å²) in [4.78, 5) is 36.7. The average Bonchev–Trinajstić information content (AvgIpc) is 3.38. The van der Waals surface area contributed by atoms with Crippen LogP contribution >= 0.6 is 22.9 Å². The summed E-state index contributed by atoms with van der Waals surface area (Å²) >= 11 is 6.52. The zero-order valence-corrected chi connectivity index (χ0v) is 17.8. The van der Waals surface area contributed by atoms with Crippen molar-refractivity contribution >= 4 is 40.6 Å². The Bertz CT molecular complexity index is 1110. The molecule has 3 heterocycles. The van der Waals surface area contributed by atoms with Crippen LogP contribution in [-0.4, -0.2) is 31.3 Å². The van der Waals surface area contributed by atoms with Crippen molar-refractivity contribution in [1.29, 1.82) is 0 Å². The second kappa shape index (κ2) is 9.02. The number of thiazole rings is 1. The summed E-state index contributed by atoms with van der Waals surface area (Å²) in [5.74, 6) is -1.33. The van der Waals surface area contributed by atoms with Gasteiger partial charge in [0.15, 0.2) is 0 Å². The Morgan fingerprint density at radius 1 is 1.23 bits per heavy atom. The van der Waals surface area contributed by atoms with Gasteiger partial charge in [-0.2, -0.15) is 13.2 Å². The van der Waals surface area contributed by atoms with Gasteiger partial charge in [0.05, 0.1) is 35.3 Å². The Kier molecular flexibility index (Phi) is 6.60. The van der Waals surface area contributed by atoms with Gasteiger partial charge in [-0.3, -0.25) is 9.59 Å². The van der Waals surface area contributed by atoms with E-state index in [2.05, 4.69) is 25.6 Å². The van der Waals surface area contributed by atoms with E-state index in [4.69, 9.17) is 11.6 Å². The number of aromatic nitrogens is 4. The van der Waals surface area contributed by atoms with Gasteiger partial charge in [-0.15, -0.1) is 11.3 Å². The second-order valence-electron chi connectivity index (χ2n) is 6.32. The molecule has 0 fully saturated rings. The first-order chi connectivity index (χ1) is 14.6. The number of hydrogen-bond acceptors (Lipinski definition) is 6. The number of carbonyl (C=O) groups is 2. The van der Waals surface area contributed by atoms with Gasteiger partial charge in [-0.05, 0) is 19.9 Å². The Morgan fingerprint density at radius 2 is 1.97 bits per heavy atom. The Hall–Kier alpha value is -2.99. The summed E-state index contributed by atoms with van der Waals surface area (Å²) in [6.45, 7) is 4.15. The van der Waals surface area contributed by atoms with Gasteiger partial charge in [0.1, 0.15) is 21.4 Å². The number of carbonyl (C=O) groups excluding carboxylic acids is 2. The monoisotopic (exact) mass is 472 g/mol. The number of pyridine rings is 1. The summed E-state index contributed by atoms with van der Waals surface area (Å²) in [7, 11) is 0. The molecule has 0 spiro atoms. The molecule has 0 saturated carbocycles. The van der Waals surface area contributed by atoms with Gasteiger partial charge in [-0.25, -0.2) is 15.0 Å². The van der Waals surface area contributed by atoms with Crippen LogP contribution in [0.1, 0.15) is 50.6 Å². The molecule has 0 aliphatic heterocycles. The highest BCUT2D eigenvalue weighted by molar-refractivity contribution is 7.13. The maximum Gasteiger partial charge on any atom is 0.418 e. The SMILES string of the molecule is CCn1cncc1C(=O)NC(C)c1ncc(C(=O)Nc2cc(C(F)(F)F)c(Cl)cn2)s1. The van der Waals surface area contributed by atoms with Crippen LogP contribution in [0.4, 0.5) is 19.0 Å². The maximum atomic E-state index is 13.0. The molecule has 0 aliphatic rings. The second-order valence-corrected chi connectivity index (χ2v) is 7.79. The highest BCUT2D eigenvalue weighted by Gasteiger charge is 2.34. The third kappa shape index (κ3) is 5.20. The summed E-state index contributed by atoms with van der Waals surface area (Å²) < 4.78 is 40.6. The first-order valence-electron chi connectivity index (χ1n) is 8.91. The van der Waals surface area contributed by atoms with Gasteiger partial charge in [0.2, 0.25) is 0 Å². The number of imidazole rings is 1. The number of hydrogen-bond donors (Lipinski definition) is 2. The van der Waals surface area contributed by atoms with E-state index in [0.717, 1.165) is 17.5 Å². The third-order valence-electron chi connectivity index (χ3n) is 4.15. The molecular formula is C18H16ClF3N6O2S. The van der Waals surface area contributed by atoms with Crippen LogP contribution in [0.2, 0.25) is 5.02 Å². The topological polar surface area (TPSA) is 102 Å². The molecule has 31 heavy (non-hydrogen) atoms. The quantitative estimate of drug-likeness (QED) is 0.560. The Labute approximate surface area is 183 Å². The zero-order valence-electron chi connectivity index (χ0n) is 16.2. The number of rotatable bonds is 6. The van der Waals surface area contributed by atoms with Crippen LogP contribution in [0.25, 0.3) is 0 Å². The van der Waals surface area contributed by atoms with Crippen LogP contribution in [0.5, 0.6) is 0 Å². The van der Waals surface area contributed by atoms with E-state index < -0.39 is 28.7 Å². The molecule has 8 nitrogen and oxygen atoms in total. The van der Waals surface area contributed by atoms with Crippen LogP contribution < -0.4 is 10.6 Å². The standard InChI is InChI=1S/C18H16ClF3N6O2S/c1-3-28-8-23-6-12(28)15(29)26-9(2)17-25-7-13(31-17)16(30)27-14-4-10(18(20,21)22)11(19)5-24-14/h4-9H,3H2,1-2H3,(H,26,29)(H,24,27,30). The van der Waals surface area contributed by atoms with Gasteiger partial charge in [0.25, 0.3) is 11.8 Å². The molecule has 3 aromatic heterocycles. The number of nitrogens with zero attached hydrogens (tertiary/aromatic N) is 4. The predicted octanol–water partition coefficient (Wildman–Crippen LogP) is 4.17. The summed E-state index contributed by atoms with van der Waals surface area (Å²) in [6, 6.07) is 0.145. The van der Waals surface area contributed by atoms with E-state index in [1.165, 1.54) is 12.4 Å². The average molecular weight is 473 g/mol. The van der Waals surface area contributed by atoms with Crippen molar-refractivity contribution in [2.24, 2.45) is 0 Å². The number of anilines is 1. The van der Waals surface area contributed by atoms with E-state index >= 15 is 0 Å². The van der Waals surface area contributed by atoms with Gasteiger partial charge < -0.3 is 15.2 Å². The lowest BCUT2D eigenvalue weighted by Crippen LogP contribution is -2.28. The van der Waals surface area contributed by atoms with Crippen molar-refractivity contribution in [1.82, 2.24) is 24.8 Å². The molecule has 164 valence electrons. The molecule has 0 bridgehead atoms. The van der Waals surface area contributed by atoms with Crippen molar-refractivity contribution < 1.29 is 22.8 Å². The molecule has 0 aliphatic carbocycles. The minimum Gasteiger partial charge on any atom is -0.342 e. The first-order valence-corrected chi connectivity index (χ1v) is 10.1. The van der Waals surface area contributed by atoms with Gasteiger partial charge in [0, 0.05) is 12.7 Å². The molecule has 2 N–H and O–H groups in total. The molecule has 2 amide bonds. The van der Waals surface area contributed by atoms with Crippen molar-refractivity contribution in [3.8, 4) is 0 Å². The molecule has 0 radical (unpaired) electrons. The summed E-state index contributed by atoms with van der Waals surface area (Å²) in [6.07, 6.45) is 0.393. The van der Waals surface area contributed by atoms with Crippen LogP contribution in [0.15, 0.2) is 31.0 Å². The van der Waals surface area contributed by atoms with Crippen LogP contribution in [0, 0.1) is 0 Å². The van der Waals surface area contributed by atoms with E-state index in [1.54, 1.807) is 17.8 Å². The normalized spacial score (nSPS) is 12.5. The van der Waals surface area contributed by atoms with Gasteiger partial charge in [-0.1, -0.05) is 11.6 Å². The molecule has 1 unspecified atom stereocenters. The Morgan fingerprint density at radius 3 is 2.65 bits per heavy atom. The zero-order chi connectivity index (χ0) is 22.8. The molecule has 3 rings (SSSR count). The number of alkyl halides is 3. The number of halogens is 4. The lowest BCUT2D eigenvalue weighted by molar-refractivity contribution is -0.137. The van der Waals surface area contributed by atoms with E-state index in [-0.39, 0.29) is 16.6 Å². The fraction of sp³-hybridized carbons (Fsp3) is 0.278. The van der Waals surface area contributed by atoms with Crippen molar-refractivity contribution in [3.05, 3.63) is 57.1 Å². The fourth-order valence-electron chi connectivity index (χ4n) is 2.59. The van der Waals surface area contributed by atoms with E-state index in [1.807, 2.05) is 6.92 Å². The number of amides is 2. The third-order valence-corrected chi connectivity index (χ3v) is 5.63. The summed E-state index contributed by atoms with van der Waals surface area (Å²) in [5.41, 5.74) is -0.717. The van der Waals surface area contributed by atoms with Crippen LogP contribution in [0.3, 0.4) is 0 Å². The first kappa shape index (κ1) is 22.7. The van der Waals surface area contributed by atoms with E-state index in [0.29, 0.717) is 23.3 Å². The predicted molar refractivity (Wildman–Crippen MR) is 108 cm³/mol. The molecular weight excluding hydrogens is 457 g/mol. The molecule has 3 aromatic rings. The smallest absolute Gasteiger partial charge is 0.342 e. The lowest BCUT2D eigenvalue weighted by atomic mass is 10.2. The van der Waals surface area contributed by atoms with Crippen molar-refractivity contribution in [3.63, 3.8) is 0 Å². The minimum atomic E-state index is -4.68. The van der Waals surface area contributed by atoms with Crippen molar-refractivity contribution in [2.75, 3.05) is 5.32 Å². The maximum absolute atomic E-state index is 13.0. The van der Waals surface area contributed by atoms with E-state index in [9.17, 15) is 22.8 Å². The number of aryl methyl sites for hydroxylation is 1. The van der Waals surface area contributed by atoms with Crippen LogP contribution in [-0.2, 0) is 12.7 Å². The molecule has 0 saturated heterocycles. The minimum absolute atomic E-state index is 0.139. The van der Waals surface area contributed by atoms with Gasteiger partial charge >= 0.3 is 6.18 Å². The molecule has 1 atom stereocenters. The summed E-state index contributed by atoms with van der Waals surface area (Å²) in [5, 5.41) is 4.94. The fourth-order valence-corrected chi connectivity index (χ4v) is 3.62. The highest BCUT2D eigenvalue weighted by Crippen LogP contribution is 2.35. The largest absolute Gasteiger partial charge is 0.418 e. The number of nitrogens with one attached hydrogen (secondary N) is 2. The van der Waals surface area contributed by atoms with Crippen molar-refractivity contribution in [2.45, 2.75) is 32.6 Å². The Balaban J connectivity index is 1.69. The lowest BCUT2D eigenvalue weighted by Gasteiger charge is -2.12. The molecule has 0 aromatic carbocycles. The highest BCUT2D eigenvalue weighted by atomic mass is 35.5.